The summed E-state index contributed by atoms with van der Waals surface area (Å²) >= 11 is 7.19. The number of nitrogens with one attached hydrogen (secondary N) is 2. The second kappa shape index (κ2) is 23.0. The van der Waals surface area contributed by atoms with Gasteiger partial charge in [-0.3, -0.25) is 24.1 Å². The number of aliphatic hydroxyl groups is 1. The van der Waals surface area contributed by atoms with Crippen LogP contribution in [-0.4, -0.2) is 89.4 Å². The second-order valence-electron chi connectivity index (χ2n) is 19.0. The van der Waals surface area contributed by atoms with E-state index < -0.39 is 64.1 Å². The monoisotopic (exact) mass is 1000 g/mol. The number of ketones is 1. The smallest absolute Gasteiger partial charge is 0.417 e. The first-order valence-corrected chi connectivity index (χ1v) is 24.4. The fraction of sp³-hybridized carbons (Fsp3) is 0.471. The zero-order chi connectivity index (χ0) is 51.0. The lowest BCUT2D eigenvalue weighted by Crippen LogP contribution is -2.53. The average Bonchev–Trinajstić information content (AvgIpc) is 3.98. The number of hydrogen-bond donors (Lipinski definition) is 3. The molecule has 19 heteroatoms. The fourth-order valence-corrected chi connectivity index (χ4v) is 9.96. The molecule has 1 aromatic heterocycles. The summed E-state index contributed by atoms with van der Waals surface area (Å²) in [6.45, 7) is 12.0. The highest BCUT2D eigenvalue weighted by Gasteiger charge is 2.51. The molecule has 4 aromatic rings. The van der Waals surface area contributed by atoms with Gasteiger partial charge in [-0.15, -0.1) is 11.3 Å². The van der Waals surface area contributed by atoms with Gasteiger partial charge in [-0.1, -0.05) is 45.0 Å². The number of Topliss-reactive ketones (excluding diaryl/α,β-unsaturated/α-hetero) is 1. The summed E-state index contributed by atoms with van der Waals surface area (Å²) in [6, 6.07) is 18.4. The van der Waals surface area contributed by atoms with Gasteiger partial charge in [-0.05, 0) is 124 Å². The Labute approximate surface area is 415 Å². The predicted octanol–water partition coefficient (Wildman–Crippen LogP) is 8.31. The number of nitriles is 1. The van der Waals surface area contributed by atoms with Crippen LogP contribution in [0.4, 0.5) is 24.5 Å². The maximum atomic E-state index is 14.0. The number of nitrogens with zero attached hydrogens (tertiary/aromatic N) is 4. The van der Waals surface area contributed by atoms with Gasteiger partial charge in [0.2, 0.25) is 11.8 Å². The molecule has 2 fully saturated rings. The van der Waals surface area contributed by atoms with E-state index in [4.69, 9.17) is 26.4 Å². The molecule has 1 saturated carbocycles. The van der Waals surface area contributed by atoms with Gasteiger partial charge in [0.25, 0.3) is 5.91 Å². The van der Waals surface area contributed by atoms with E-state index in [0.29, 0.717) is 24.7 Å². The number of rotatable bonds is 21. The van der Waals surface area contributed by atoms with Crippen LogP contribution in [-0.2, 0) is 41.4 Å². The van der Waals surface area contributed by atoms with E-state index in [0.717, 1.165) is 58.0 Å². The molecule has 3 amide bonds. The number of anilines is 2. The molecular formula is C51H59F3N6O8S2. The topological polar surface area (TPSA) is 183 Å². The molecule has 2 heterocycles. The molecule has 4 atom stereocenters. The Balaban J connectivity index is 0.867. The third-order valence-electron chi connectivity index (χ3n) is 12.4. The van der Waals surface area contributed by atoms with Crippen molar-refractivity contribution in [1.29, 1.82) is 5.26 Å². The molecule has 1 aliphatic heterocycles. The molecule has 1 saturated heterocycles. The van der Waals surface area contributed by atoms with Crippen LogP contribution in [0.25, 0.3) is 10.4 Å². The lowest BCUT2D eigenvalue weighted by atomic mass is 9.77. The molecule has 2 aliphatic rings. The quantitative estimate of drug-likeness (QED) is 0.0537. The maximum Gasteiger partial charge on any atom is 0.417 e. The molecule has 70 heavy (non-hydrogen) atoms. The average molecular weight is 1010 g/mol. The van der Waals surface area contributed by atoms with Gasteiger partial charge in [0, 0.05) is 24.8 Å². The minimum absolute atomic E-state index is 0.00341. The van der Waals surface area contributed by atoms with Crippen LogP contribution in [0.15, 0.2) is 72.2 Å². The van der Waals surface area contributed by atoms with Gasteiger partial charge in [0.1, 0.15) is 17.9 Å². The SMILES string of the molecule is Cc1ncsc1-c1ccc(CNC(=O)[C@@H]2C[C@@H](O)CC2C(=O)[C@@H](NC(=O)COCCOCCCCCOc2ccc(N3C(=S)N(c4ccc(C#N)c(C(F)(F)F)c4)C(=O)C3(C)C)cc2)C(C)(C)C)cc1. The molecule has 14 nitrogen and oxygen atoms in total. The first kappa shape index (κ1) is 53.6. The molecular weight excluding hydrogens is 946 g/mol. The minimum atomic E-state index is -4.80. The minimum Gasteiger partial charge on any atom is -0.494 e. The summed E-state index contributed by atoms with van der Waals surface area (Å²) in [5.74, 6) is -2.55. The number of thiazole rings is 1. The van der Waals surface area contributed by atoms with Crippen molar-refractivity contribution in [2.24, 2.45) is 17.3 Å². The van der Waals surface area contributed by atoms with Crippen molar-refractivity contribution < 1.29 is 51.7 Å². The zero-order valence-electron chi connectivity index (χ0n) is 40.1. The Morgan fingerprint density at radius 1 is 0.943 bits per heavy atom. The molecule has 0 radical (unpaired) electrons. The Hall–Kier alpha value is -5.78. The van der Waals surface area contributed by atoms with Gasteiger partial charge >= 0.3 is 6.18 Å². The number of ether oxygens (including phenoxy) is 3. The highest BCUT2D eigenvalue weighted by molar-refractivity contribution is 7.81. The molecule has 3 N–H and O–H groups in total. The first-order chi connectivity index (χ1) is 33.1. The van der Waals surface area contributed by atoms with Crippen LogP contribution in [0.2, 0.25) is 0 Å². The Morgan fingerprint density at radius 3 is 2.24 bits per heavy atom. The number of carbonyl (C=O) groups excluding carboxylic acids is 4. The Morgan fingerprint density at radius 2 is 1.60 bits per heavy atom. The number of aromatic nitrogens is 1. The first-order valence-electron chi connectivity index (χ1n) is 23.1. The Kier molecular flexibility index (Phi) is 17.6. The van der Waals surface area contributed by atoms with Gasteiger partial charge in [0.05, 0.1) is 76.8 Å². The second-order valence-corrected chi connectivity index (χ2v) is 20.2. The van der Waals surface area contributed by atoms with E-state index in [1.807, 2.05) is 52.0 Å². The number of thiocarbonyl (C=S) groups is 1. The van der Waals surface area contributed by atoms with Gasteiger partial charge in [0.15, 0.2) is 10.9 Å². The van der Waals surface area contributed by atoms with Gasteiger partial charge in [-0.2, -0.15) is 18.4 Å². The standard InChI is InChI=1S/C51H59F3N6O8S2/c1-31-44(70-30-57-31)33-12-10-32(11-13-33)28-56-46(64)40-26-37(61)25-39(40)43(63)45(49(2,3)4)58-42(62)29-67-23-22-66-20-8-7-9-21-68-38-18-16-35(17-19-38)60-48(69)59(47(65)50(60,5)6)36-15-14-34(27-55)41(24-36)51(52,53)54/h10-19,24,30,37,39-40,45,61H,7-9,20-23,25-26,28-29H2,1-6H3,(H,56,64)(H,58,62)/t37-,39?,40+,45+/m0/s1. The van der Waals surface area contributed by atoms with Crippen molar-refractivity contribution in [2.75, 3.05) is 42.8 Å². The van der Waals surface area contributed by atoms with E-state index in [1.165, 1.54) is 6.07 Å². The van der Waals surface area contributed by atoms with Crippen molar-refractivity contribution in [2.45, 2.75) is 104 Å². The van der Waals surface area contributed by atoms with Crippen molar-refractivity contribution in [3.8, 4) is 22.3 Å². The number of alkyl halides is 3. The lowest BCUT2D eigenvalue weighted by molar-refractivity contribution is -0.138. The summed E-state index contributed by atoms with van der Waals surface area (Å²) in [5, 5.41) is 25.6. The third kappa shape index (κ3) is 12.9. The summed E-state index contributed by atoms with van der Waals surface area (Å²) < 4.78 is 58.3. The van der Waals surface area contributed by atoms with Crippen LogP contribution < -0.4 is 25.2 Å². The van der Waals surface area contributed by atoms with E-state index in [1.54, 1.807) is 65.9 Å². The number of halogens is 3. The third-order valence-corrected chi connectivity index (χ3v) is 13.7. The van der Waals surface area contributed by atoms with E-state index in [-0.39, 0.29) is 61.7 Å². The molecule has 6 rings (SSSR count). The van der Waals surface area contributed by atoms with Crippen molar-refractivity contribution in [3.05, 3.63) is 94.6 Å². The largest absolute Gasteiger partial charge is 0.494 e. The van der Waals surface area contributed by atoms with Crippen LogP contribution in [0.3, 0.4) is 0 Å². The van der Waals surface area contributed by atoms with E-state index in [2.05, 4.69) is 15.6 Å². The Bertz CT molecular complexity index is 2560. The normalized spacial score (nSPS) is 18.4. The van der Waals surface area contributed by atoms with E-state index >= 15 is 0 Å². The van der Waals surface area contributed by atoms with Crippen molar-refractivity contribution in [1.82, 2.24) is 15.6 Å². The number of hydrogen-bond acceptors (Lipinski definition) is 12. The number of aliphatic hydroxyl groups excluding tert-OH is 1. The molecule has 3 aromatic carbocycles. The predicted molar refractivity (Wildman–Crippen MR) is 263 cm³/mol. The molecule has 374 valence electrons. The highest BCUT2D eigenvalue weighted by Crippen LogP contribution is 2.41. The fourth-order valence-electron chi connectivity index (χ4n) is 8.63. The van der Waals surface area contributed by atoms with Gasteiger partial charge < -0.3 is 34.9 Å². The highest BCUT2D eigenvalue weighted by atomic mass is 32.1. The maximum absolute atomic E-state index is 14.0. The van der Waals surface area contributed by atoms with Crippen molar-refractivity contribution >= 4 is 63.5 Å². The summed E-state index contributed by atoms with van der Waals surface area (Å²) in [5.41, 5.74) is 1.54. The zero-order valence-corrected chi connectivity index (χ0v) is 41.7. The summed E-state index contributed by atoms with van der Waals surface area (Å²) in [7, 11) is 0. The number of carbonyl (C=O) groups is 4. The molecule has 1 unspecified atom stereocenters. The van der Waals surface area contributed by atoms with Crippen LogP contribution in [0.5, 0.6) is 5.75 Å². The van der Waals surface area contributed by atoms with Crippen LogP contribution in [0.1, 0.15) is 89.1 Å². The van der Waals surface area contributed by atoms with Crippen LogP contribution in [0, 0.1) is 35.5 Å². The van der Waals surface area contributed by atoms with Gasteiger partial charge in [-0.25, -0.2) is 4.98 Å². The molecule has 0 bridgehead atoms. The van der Waals surface area contributed by atoms with E-state index in [9.17, 15) is 42.7 Å². The molecule has 0 spiro atoms. The van der Waals surface area contributed by atoms with Crippen molar-refractivity contribution in [3.63, 3.8) is 0 Å². The number of aryl methyl sites for hydroxylation is 1. The molecule has 1 aliphatic carbocycles. The van der Waals surface area contributed by atoms with Crippen LogP contribution >= 0.6 is 23.6 Å². The summed E-state index contributed by atoms with van der Waals surface area (Å²) in [4.78, 5) is 62.0. The number of unbranched alkanes of at least 4 members (excludes halogenated alkanes) is 2. The lowest BCUT2D eigenvalue weighted by Gasteiger charge is -2.33. The summed E-state index contributed by atoms with van der Waals surface area (Å²) in [6.07, 6.45) is -3.04. The number of amides is 3. The number of benzene rings is 3.